The molecule has 0 saturated carbocycles. The number of halogens is 4. The molecule has 0 amide bonds. The summed E-state index contributed by atoms with van der Waals surface area (Å²) in [7, 11) is 1.42. The Balaban J connectivity index is 1.49. The number of hydrogen-bond donors (Lipinski definition) is 0. The number of hydrogen-bond acceptors (Lipinski definition) is 4. The SMILES string of the molecule is Cc1cnn(C(C)C)c1-n1nc(C)c2c1CN(c1ccc(-c3nc(C(F)(F)F)cn3C)c(F)c1)CC2. The largest absolute Gasteiger partial charge is 0.434 e. The van der Waals surface area contributed by atoms with Crippen molar-refractivity contribution in [3.8, 4) is 17.2 Å². The van der Waals surface area contributed by atoms with Gasteiger partial charge in [-0.25, -0.2) is 18.7 Å². The molecular weight excluding hydrogens is 474 g/mol. The van der Waals surface area contributed by atoms with E-state index in [1.807, 2.05) is 29.4 Å². The number of imidazole rings is 1. The zero-order valence-electron chi connectivity index (χ0n) is 20.7. The van der Waals surface area contributed by atoms with Gasteiger partial charge < -0.3 is 9.47 Å². The van der Waals surface area contributed by atoms with Crippen molar-refractivity contribution in [1.82, 2.24) is 29.1 Å². The Kier molecular flexibility index (Phi) is 5.68. The lowest BCUT2D eigenvalue weighted by Gasteiger charge is -2.30. The highest BCUT2D eigenvalue weighted by Crippen LogP contribution is 2.34. The van der Waals surface area contributed by atoms with Gasteiger partial charge in [0.25, 0.3) is 0 Å². The van der Waals surface area contributed by atoms with Gasteiger partial charge in [-0.05, 0) is 52.3 Å². The summed E-state index contributed by atoms with van der Waals surface area (Å²) in [6.45, 7) is 9.30. The molecule has 0 atom stereocenters. The minimum atomic E-state index is -4.59. The first-order valence-electron chi connectivity index (χ1n) is 11.7. The molecule has 0 saturated heterocycles. The van der Waals surface area contributed by atoms with Crippen LogP contribution in [0, 0.1) is 19.7 Å². The van der Waals surface area contributed by atoms with Gasteiger partial charge in [-0.2, -0.15) is 23.4 Å². The molecule has 7 nitrogen and oxygen atoms in total. The summed E-state index contributed by atoms with van der Waals surface area (Å²) in [5.74, 6) is 0.213. The lowest BCUT2D eigenvalue weighted by Crippen LogP contribution is -2.32. The molecule has 4 aromatic rings. The van der Waals surface area contributed by atoms with Crippen LogP contribution in [0.1, 0.15) is 48.1 Å². The average Bonchev–Trinajstić information content (AvgIpc) is 3.48. The Morgan fingerprint density at radius 2 is 1.86 bits per heavy atom. The monoisotopic (exact) mass is 501 g/mol. The quantitative estimate of drug-likeness (QED) is 0.352. The third-order valence-corrected chi connectivity index (χ3v) is 6.62. The van der Waals surface area contributed by atoms with Crippen LogP contribution >= 0.6 is 0 Å². The molecule has 0 radical (unpaired) electrons. The van der Waals surface area contributed by atoms with Gasteiger partial charge in [0, 0.05) is 42.6 Å². The number of anilines is 1. The van der Waals surface area contributed by atoms with Gasteiger partial charge in [0.1, 0.15) is 11.6 Å². The molecule has 5 rings (SSSR count). The summed E-state index contributed by atoms with van der Waals surface area (Å²) in [4.78, 5) is 5.68. The van der Waals surface area contributed by atoms with Crippen LogP contribution in [0.25, 0.3) is 17.2 Å². The fraction of sp³-hybridized carbons (Fsp3) is 0.400. The molecule has 11 heteroatoms. The third-order valence-electron chi connectivity index (χ3n) is 6.62. The van der Waals surface area contributed by atoms with E-state index in [-0.39, 0.29) is 17.4 Å². The van der Waals surface area contributed by atoms with Crippen LogP contribution in [0.3, 0.4) is 0 Å². The maximum atomic E-state index is 15.2. The predicted molar refractivity (Wildman–Crippen MR) is 128 cm³/mol. The Labute approximate surface area is 206 Å². The first kappa shape index (κ1) is 24.1. The number of rotatable bonds is 4. The summed E-state index contributed by atoms with van der Waals surface area (Å²) in [6.07, 6.45) is -1.16. The van der Waals surface area contributed by atoms with Crippen LogP contribution in [-0.2, 0) is 26.2 Å². The fourth-order valence-electron chi connectivity index (χ4n) is 4.82. The van der Waals surface area contributed by atoms with E-state index in [0.29, 0.717) is 18.8 Å². The predicted octanol–water partition coefficient (Wildman–Crippen LogP) is 5.39. The highest BCUT2D eigenvalue weighted by Gasteiger charge is 2.35. The minimum absolute atomic E-state index is 0.0202. The van der Waals surface area contributed by atoms with E-state index in [2.05, 4.69) is 28.8 Å². The van der Waals surface area contributed by atoms with Gasteiger partial charge in [0.15, 0.2) is 11.5 Å². The van der Waals surface area contributed by atoms with Gasteiger partial charge in [-0.3, -0.25) is 0 Å². The molecule has 1 aromatic carbocycles. The number of fused-ring (bicyclic) bond motifs is 1. The summed E-state index contributed by atoms with van der Waals surface area (Å²) in [5.41, 5.74) is 3.77. The summed E-state index contributed by atoms with van der Waals surface area (Å²) >= 11 is 0. The average molecular weight is 502 g/mol. The molecule has 0 bridgehead atoms. The topological polar surface area (TPSA) is 56.7 Å². The molecule has 1 aliphatic heterocycles. The molecule has 190 valence electrons. The zero-order chi connectivity index (χ0) is 25.9. The fourth-order valence-corrected chi connectivity index (χ4v) is 4.82. The molecule has 0 N–H and O–H groups in total. The Morgan fingerprint density at radius 1 is 1.11 bits per heavy atom. The highest BCUT2D eigenvalue weighted by atomic mass is 19.4. The van der Waals surface area contributed by atoms with Gasteiger partial charge in [0.2, 0.25) is 0 Å². The number of alkyl halides is 3. The van der Waals surface area contributed by atoms with Crippen molar-refractivity contribution in [2.45, 2.75) is 52.9 Å². The second-order valence-corrected chi connectivity index (χ2v) is 9.51. The molecule has 3 aromatic heterocycles. The number of aryl methyl sites for hydroxylation is 3. The highest BCUT2D eigenvalue weighted by molar-refractivity contribution is 5.63. The molecule has 1 aliphatic rings. The second kappa shape index (κ2) is 8.49. The van der Waals surface area contributed by atoms with Gasteiger partial charge in [-0.15, -0.1) is 0 Å². The van der Waals surface area contributed by atoms with Gasteiger partial charge in [0.05, 0.1) is 29.7 Å². The van der Waals surface area contributed by atoms with Crippen molar-refractivity contribution in [2.24, 2.45) is 7.05 Å². The zero-order valence-corrected chi connectivity index (χ0v) is 20.7. The third kappa shape index (κ3) is 3.96. The first-order chi connectivity index (χ1) is 17.0. The molecule has 0 aliphatic carbocycles. The van der Waals surface area contributed by atoms with Gasteiger partial charge >= 0.3 is 6.18 Å². The van der Waals surface area contributed by atoms with Crippen LogP contribution in [-0.4, -0.2) is 35.7 Å². The Bertz CT molecular complexity index is 1440. The van der Waals surface area contributed by atoms with E-state index in [1.54, 1.807) is 6.07 Å². The van der Waals surface area contributed by atoms with Crippen molar-refractivity contribution >= 4 is 5.69 Å². The van der Waals surface area contributed by atoms with Crippen molar-refractivity contribution in [3.05, 3.63) is 64.6 Å². The molecule has 36 heavy (non-hydrogen) atoms. The lowest BCUT2D eigenvalue weighted by atomic mass is 10.0. The van der Waals surface area contributed by atoms with E-state index in [4.69, 9.17) is 5.10 Å². The molecule has 0 spiro atoms. The van der Waals surface area contributed by atoms with Crippen molar-refractivity contribution in [3.63, 3.8) is 0 Å². The van der Waals surface area contributed by atoms with E-state index in [1.165, 1.54) is 29.3 Å². The molecule has 0 fully saturated rings. The van der Waals surface area contributed by atoms with E-state index >= 15 is 4.39 Å². The van der Waals surface area contributed by atoms with E-state index in [0.717, 1.165) is 35.4 Å². The lowest BCUT2D eigenvalue weighted by molar-refractivity contribution is -0.140. The van der Waals surface area contributed by atoms with Crippen LogP contribution in [0.2, 0.25) is 0 Å². The summed E-state index contributed by atoms with van der Waals surface area (Å²) < 4.78 is 59.5. The number of nitrogens with zero attached hydrogens (tertiary/aromatic N) is 7. The second-order valence-electron chi connectivity index (χ2n) is 9.51. The molecular formula is C25H27F4N7. The summed E-state index contributed by atoms with van der Waals surface area (Å²) in [6, 6.07) is 4.73. The van der Waals surface area contributed by atoms with Crippen LogP contribution in [0.4, 0.5) is 23.2 Å². The van der Waals surface area contributed by atoms with Crippen LogP contribution < -0.4 is 4.90 Å². The normalized spacial score (nSPS) is 14.1. The standard InChI is InChI=1S/C25H27F4N7/c1-14(2)35-24(15(3)11-30-35)36-21-12-34(9-8-18(21)16(4)32-36)17-6-7-19(20(26)10-17)23-31-22(13-33(23)5)25(27,28)29/h6-7,10-11,13-14H,8-9,12H2,1-5H3. The van der Waals surface area contributed by atoms with Crippen molar-refractivity contribution < 1.29 is 17.6 Å². The van der Waals surface area contributed by atoms with E-state index < -0.39 is 17.7 Å². The minimum Gasteiger partial charge on any atom is -0.365 e. The number of aromatic nitrogens is 6. The maximum absolute atomic E-state index is 15.2. The van der Waals surface area contributed by atoms with Crippen molar-refractivity contribution in [2.75, 3.05) is 11.4 Å². The van der Waals surface area contributed by atoms with Gasteiger partial charge in [-0.1, -0.05) is 0 Å². The smallest absolute Gasteiger partial charge is 0.365 e. The van der Waals surface area contributed by atoms with Crippen LogP contribution in [0.5, 0.6) is 0 Å². The van der Waals surface area contributed by atoms with E-state index in [9.17, 15) is 13.2 Å². The summed E-state index contributed by atoms with van der Waals surface area (Å²) in [5, 5.41) is 9.34. The Hall–Kier alpha value is -3.63. The molecule has 0 unspecified atom stereocenters. The number of benzene rings is 1. The Morgan fingerprint density at radius 3 is 2.50 bits per heavy atom. The molecule has 4 heterocycles. The first-order valence-corrected chi connectivity index (χ1v) is 11.7. The van der Waals surface area contributed by atoms with Crippen LogP contribution in [0.15, 0.2) is 30.6 Å². The maximum Gasteiger partial charge on any atom is 0.434 e. The van der Waals surface area contributed by atoms with Crippen molar-refractivity contribution in [1.29, 1.82) is 0 Å².